The quantitative estimate of drug-likeness (QED) is 0.674. The zero-order valence-electron chi connectivity index (χ0n) is 17.1. The number of nitrogens with one attached hydrogen (secondary N) is 1. The number of carbonyl (C=O) groups excluding carboxylic acids is 1. The van der Waals surface area contributed by atoms with E-state index in [4.69, 9.17) is 9.47 Å². The summed E-state index contributed by atoms with van der Waals surface area (Å²) in [5.41, 5.74) is 3.30. The number of carboxylic acid groups (broad SMARTS) is 1. The first kappa shape index (κ1) is 19.8. The minimum Gasteiger partial charge on any atom is -0.497 e. The number of aliphatic carboxylic acids is 1. The summed E-state index contributed by atoms with van der Waals surface area (Å²) >= 11 is 0. The molecule has 2 atom stereocenters. The molecule has 0 spiro atoms. The Morgan fingerprint density at radius 3 is 2.60 bits per heavy atom. The van der Waals surface area contributed by atoms with Crippen LogP contribution in [-0.2, 0) is 16.0 Å². The minimum absolute atomic E-state index is 0.197. The molecule has 1 aromatic heterocycles. The Kier molecular flexibility index (Phi) is 5.11. The Balaban J connectivity index is 2.04. The van der Waals surface area contributed by atoms with E-state index in [9.17, 15) is 14.7 Å². The Hall–Kier alpha value is -3.48. The number of amides is 1. The molecule has 7 heteroatoms. The second-order valence-corrected chi connectivity index (χ2v) is 7.29. The van der Waals surface area contributed by atoms with Crippen LogP contribution in [-0.4, -0.2) is 47.1 Å². The van der Waals surface area contributed by atoms with Gasteiger partial charge in [-0.25, -0.2) is 4.79 Å². The summed E-state index contributed by atoms with van der Waals surface area (Å²) in [6, 6.07) is 11.5. The third kappa shape index (κ3) is 3.07. The van der Waals surface area contributed by atoms with Gasteiger partial charge in [0.05, 0.1) is 14.2 Å². The van der Waals surface area contributed by atoms with E-state index in [1.807, 2.05) is 24.3 Å². The molecule has 7 nitrogen and oxygen atoms in total. The van der Waals surface area contributed by atoms with Crippen LogP contribution in [0.4, 0.5) is 0 Å². The van der Waals surface area contributed by atoms with Crippen LogP contribution in [0.25, 0.3) is 10.9 Å². The van der Waals surface area contributed by atoms with Crippen molar-refractivity contribution in [3.05, 3.63) is 59.3 Å². The average molecular weight is 408 g/mol. The Labute approximate surface area is 174 Å². The highest BCUT2D eigenvalue weighted by molar-refractivity contribution is 5.90. The number of aromatic nitrogens is 1. The second kappa shape index (κ2) is 7.74. The monoisotopic (exact) mass is 408 g/mol. The van der Waals surface area contributed by atoms with Gasteiger partial charge in [-0.2, -0.15) is 0 Å². The van der Waals surface area contributed by atoms with Crippen molar-refractivity contribution in [2.45, 2.75) is 31.8 Å². The summed E-state index contributed by atoms with van der Waals surface area (Å²) in [5, 5.41) is 11.0. The second-order valence-electron chi connectivity index (χ2n) is 7.29. The van der Waals surface area contributed by atoms with Crippen LogP contribution in [0.15, 0.2) is 42.5 Å². The molecule has 0 saturated carbocycles. The first-order chi connectivity index (χ1) is 14.5. The fraction of sp³-hybridized carbons (Fsp3) is 0.304. The number of rotatable bonds is 5. The standard InChI is InChI=1S/C23H24N2O5/c1-4-20(26)25-18(23(27)28)12-15-14-7-5-6-8-17(14)24-21(15)22(25)16-11-13(29-2)9-10-19(16)30-3/h5-11,18,22,24H,4,12H2,1-3H3,(H,27,28). The highest BCUT2D eigenvalue weighted by Gasteiger charge is 2.44. The molecule has 1 aliphatic heterocycles. The SMILES string of the molecule is CCC(=O)N1C(C(=O)O)Cc2c([nH]c3ccccc23)C1c1cc(OC)ccc1OC. The first-order valence-corrected chi connectivity index (χ1v) is 9.85. The van der Waals surface area contributed by atoms with Crippen molar-refractivity contribution in [3.8, 4) is 11.5 Å². The van der Waals surface area contributed by atoms with E-state index in [1.165, 1.54) is 4.90 Å². The molecule has 0 bridgehead atoms. The number of carboxylic acids is 1. The zero-order chi connectivity index (χ0) is 21.4. The molecule has 0 aliphatic carbocycles. The van der Waals surface area contributed by atoms with Gasteiger partial charge >= 0.3 is 5.97 Å². The lowest BCUT2D eigenvalue weighted by molar-refractivity contribution is -0.152. The van der Waals surface area contributed by atoms with Crippen LogP contribution >= 0.6 is 0 Å². The molecule has 0 saturated heterocycles. The summed E-state index contributed by atoms with van der Waals surface area (Å²) in [6.45, 7) is 1.74. The number of hydrogen-bond acceptors (Lipinski definition) is 4. The summed E-state index contributed by atoms with van der Waals surface area (Å²) in [5.74, 6) is -0.101. The summed E-state index contributed by atoms with van der Waals surface area (Å²) < 4.78 is 11.0. The average Bonchev–Trinajstić information content (AvgIpc) is 3.15. The summed E-state index contributed by atoms with van der Waals surface area (Å²) in [4.78, 5) is 30.2. The molecular weight excluding hydrogens is 384 g/mol. The lowest BCUT2D eigenvalue weighted by Crippen LogP contribution is -2.51. The molecule has 30 heavy (non-hydrogen) atoms. The number of H-pyrrole nitrogens is 1. The number of methoxy groups -OCH3 is 2. The van der Waals surface area contributed by atoms with Crippen LogP contribution in [0, 0.1) is 0 Å². The zero-order valence-corrected chi connectivity index (χ0v) is 17.1. The van der Waals surface area contributed by atoms with E-state index in [2.05, 4.69) is 4.98 Å². The first-order valence-electron chi connectivity index (χ1n) is 9.85. The molecule has 2 aromatic carbocycles. The normalized spacial score (nSPS) is 18.2. The maximum atomic E-state index is 13.0. The fourth-order valence-electron chi connectivity index (χ4n) is 4.35. The van der Waals surface area contributed by atoms with E-state index in [1.54, 1.807) is 39.3 Å². The van der Waals surface area contributed by atoms with Crippen LogP contribution < -0.4 is 9.47 Å². The topological polar surface area (TPSA) is 91.9 Å². The highest BCUT2D eigenvalue weighted by atomic mass is 16.5. The van der Waals surface area contributed by atoms with Crippen molar-refractivity contribution in [2.24, 2.45) is 0 Å². The number of aromatic amines is 1. The van der Waals surface area contributed by atoms with E-state index in [0.717, 1.165) is 22.2 Å². The van der Waals surface area contributed by atoms with Gasteiger partial charge in [0.1, 0.15) is 23.6 Å². The smallest absolute Gasteiger partial charge is 0.326 e. The van der Waals surface area contributed by atoms with Gasteiger partial charge in [-0.1, -0.05) is 25.1 Å². The molecular formula is C23H24N2O5. The number of nitrogens with zero attached hydrogens (tertiary/aromatic N) is 1. The van der Waals surface area contributed by atoms with Gasteiger partial charge in [0.2, 0.25) is 5.91 Å². The van der Waals surface area contributed by atoms with Crippen LogP contribution in [0.2, 0.25) is 0 Å². The third-order valence-electron chi connectivity index (χ3n) is 5.74. The molecule has 1 aliphatic rings. The molecule has 2 N–H and O–H groups in total. The number of carbonyl (C=O) groups is 2. The predicted octanol–water partition coefficient (Wildman–Crippen LogP) is 3.52. The van der Waals surface area contributed by atoms with Crippen molar-refractivity contribution < 1.29 is 24.2 Å². The Bertz CT molecular complexity index is 1120. The van der Waals surface area contributed by atoms with Gasteiger partial charge in [0.15, 0.2) is 0 Å². The number of para-hydroxylation sites is 1. The summed E-state index contributed by atoms with van der Waals surface area (Å²) in [7, 11) is 3.12. The molecule has 0 radical (unpaired) electrons. The van der Waals surface area contributed by atoms with Crippen LogP contribution in [0.3, 0.4) is 0 Å². The molecule has 156 valence electrons. The van der Waals surface area contributed by atoms with E-state index in [0.29, 0.717) is 17.1 Å². The Morgan fingerprint density at radius 2 is 1.93 bits per heavy atom. The Morgan fingerprint density at radius 1 is 1.17 bits per heavy atom. The lowest BCUT2D eigenvalue weighted by Gasteiger charge is -2.40. The van der Waals surface area contributed by atoms with Crippen molar-refractivity contribution in [1.29, 1.82) is 0 Å². The molecule has 0 fully saturated rings. The molecule has 2 heterocycles. The third-order valence-corrected chi connectivity index (χ3v) is 5.74. The van der Waals surface area contributed by atoms with Crippen LogP contribution in [0.1, 0.15) is 36.2 Å². The van der Waals surface area contributed by atoms with Gasteiger partial charge in [0.25, 0.3) is 0 Å². The predicted molar refractivity (Wildman–Crippen MR) is 112 cm³/mol. The number of fused-ring (bicyclic) bond motifs is 3. The summed E-state index contributed by atoms with van der Waals surface area (Å²) in [6.07, 6.45) is 0.436. The van der Waals surface area contributed by atoms with Gasteiger partial charge in [-0.3, -0.25) is 4.79 Å². The molecule has 4 rings (SSSR count). The van der Waals surface area contributed by atoms with Gasteiger partial charge in [-0.15, -0.1) is 0 Å². The van der Waals surface area contributed by atoms with E-state index >= 15 is 0 Å². The number of ether oxygens (including phenoxy) is 2. The molecule has 1 amide bonds. The van der Waals surface area contributed by atoms with Crippen LogP contribution in [0.5, 0.6) is 11.5 Å². The van der Waals surface area contributed by atoms with Crippen molar-refractivity contribution in [3.63, 3.8) is 0 Å². The molecule has 3 aromatic rings. The number of benzene rings is 2. The maximum absolute atomic E-state index is 13.0. The highest BCUT2D eigenvalue weighted by Crippen LogP contribution is 2.44. The van der Waals surface area contributed by atoms with E-state index < -0.39 is 18.1 Å². The van der Waals surface area contributed by atoms with Gasteiger partial charge < -0.3 is 24.5 Å². The fourth-order valence-corrected chi connectivity index (χ4v) is 4.35. The largest absolute Gasteiger partial charge is 0.497 e. The van der Waals surface area contributed by atoms with E-state index in [-0.39, 0.29) is 18.7 Å². The lowest BCUT2D eigenvalue weighted by atomic mass is 9.87. The van der Waals surface area contributed by atoms with Gasteiger partial charge in [-0.05, 0) is 29.8 Å². The molecule has 2 unspecified atom stereocenters. The van der Waals surface area contributed by atoms with Crippen molar-refractivity contribution in [2.75, 3.05) is 14.2 Å². The van der Waals surface area contributed by atoms with Gasteiger partial charge in [0, 0.05) is 35.0 Å². The van der Waals surface area contributed by atoms with Crippen molar-refractivity contribution in [1.82, 2.24) is 9.88 Å². The minimum atomic E-state index is -1.03. The van der Waals surface area contributed by atoms with Crippen molar-refractivity contribution >= 4 is 22.8 Å². The number of hydrogen-bond donors (Lipinski definition) is 2. The maximum Gasteiger partial charge on any atom is 0.326 e.